The van der Waals surface area contributed by atoms with Gasteiger partial charge in [0.15, 0.2) is 11.5 Å². The van der Waals surface area contributed by atoms with Crippen LogP contribution in [0.1, 0.15) is 67.9 Å². The molecule has 2 aliphatic rings. The molecular weight excluding hydrogens is 530 g/mol. The molecule has 1 aliphatic carbocycles. The molecule has 3 heterocycles. The molecule has 2 fully saturated rings. The maximum atomic E-state index is 12.8. The Balaban J connectivity index is 1.37. The Bertz CT molecular complexity index is 1390. The summed E-state index contributed by atoms with van der Waals surface area (Å²) in [4.78, 5) is 36.6. The summed E-state index contributed by atoms with van der Waals surface area (Å²) < 4.78 is 7.75. The van der Waals surface area contributed by atoms with Crippen molar-refractivity contribution < 1.29 is 14.3 Å². The van der Waals surface area contributed by atoms with E-state index in [-0.39, 0.29) is 35.0 Å². The maximum Gasteiger partial charge on any atom is 0.250 e. The zero-order valence-corrected chi connectivity index (χ0v) is 24.2. The molecule has 10 nitrogen and oxygen atoms in total. The third-order valence-corrected chi connectivity index (χ3v) is 7.42. The summed E-state index contributed by atoms with van der Waals surface area (Å²) in [6.45, 7) is 5.96. The molecule has 1 saturated heterocycles. The Hall–Kier alpha value is -3.50. The summed E-state index contributed by atoms with van der Waals surface area (Å²) >= 11 is 6.42. The zero-order valence-electron chi connectivity index (χ0n) is 23.4. The predicted octanol–water partition coefficient (Wildman–Crippen LogP) is 5.50. The van der Waals surface area contributed by atoms with Crippen molar-refractivity contribution in [2.45, 2.75) is 58.0 Å². The molecule has 0 radical (unpaired) electrons. The fourth-order valence-corrected chi connectivity index (χ4v) is 4.95. The van der Waals surface area contributed by atoms with Crippen LogP contribution in [0.2, 0.25) is 5.02 Å². The third kappa shape index (κ3) is 6.79. The number of Topliss-reactive ketones (excluding diaryl/α,β-unsaturated/α-hetero) is 2. The van der Waals surface area contributed by atoms with Crippen molar-refractivity contribution in [3.63, 3.8) is 0 Å². The lowest BCUT2D eigenvalue weighted by Crippen LogP contribution is -2.29. The van der Waals surface area contributed by atoms with Gasteiger partial charge in [-0.15, -0.1) is 0 Å². The number of hydrogen-bond acceptors (Lipinski definition) is 9. The largest absolute Gasteiger partial charge is 0.488 e. The third-order valence-electron chi connectivity index (χ3n) is 7.15. The second kappa shape index (κ2) is 11.9. The van der Waals surface area contributed by atoms with Crippen LogP contribution in [0.5, 0.6) is 5.75 Å². The Morgan fingerprint density at radius 2 is 1.85 bits per heavy atom. The number of carbonyl (C=O) groups excluding carboxylic acids is 2. The molecule has 0 amide bonds. The van der Waals surface area contributed by atoms with Gasteiger partial charge in [-0.05, 0) is 75.4 Å². The molecule has 0 unspecified atom stereocenters. The van der Waals surface area contributed by atoms with Gasteiger partial charge in [0, 0.05) is 19.7 Å². The molecule has 212 valence electrons. The number of piperidine rings is 1. The summed E-state index contributed by atoms with van der Waals surface area (Å²) in [6.07, 6.45) is 7.84. The van der Waals surface area contributed by atoms with Gasteiger partial charge in [-0.3, -0.25) is 14.3 Å². The number of anilines is 4. The molecule has 0 bridgehead atoms. The van der Waals surface area contributed by atoms with Crippen LogP contribution in [0, 0.1) is 5.92 Å². The molecule has 3 aromatic rings. The molecule has 1 aromatic carbocycles. The number of benzene rings is 1. The first-order valence-corrected chi connectivity index (χ1v) is 14.2. The molecule has 0 spiro atoms. The van der Waals surface area contributed by atoms with Crippen LogP contribution in [0.3, 0.4) is 0 Å². The van der Waals surface area contributed by atoms with Crippen molar-refractivity contribution in [3.8, 4) is 5.75 Å². The summed E-state index contributed by atoms with van der Waals surface area (Å²) in [7, 11) is 3.85. The van der Waals surface area contributed by atoms with Gasteiger partial charge in [0.1, 0.15) is 10.8 Å². The van der Waals surface area contributed by atoms with Gasteiger partial charge in [-0.1, -0.05) is 31.5 Å². The fraction of sp³-hybridized carbons (Fsp3) is 0.483. The van der Waals surface area contributed by atoms with Crippen molar-refractivity contribution in [2.75, 3.05) is 30.8 Å². The average Bonchev–Trinajstić information content (AvgIpc) is 3.66. The highest BCUT2D eigenvalue weighted by atomic mass is 35.5. The van der Waals surface area contributed by atoms with E-state index in [1.807, 2.05) is 19.9 Å². The number of ether oxygens (including phenoxy) is 1. The molecule has 40 heavy (non-hydrogen) atoms. The van der Waals surface area contributed by atoms with Crippen LogP contribution in [-0.4, -0.2) is 62.5 Å². The molecule has 2 aromatic heterocycles. The van der Waals surface area contributed by atoms with E-state index < -0.39 is 11.6 Å². The number of aryl methyl sites for hydroxylation is 1. The first kappa shape index (κ1) is 28.0. The van der Waals surface area contributed by atoms with Gasteiger partial charge >= 0.3 is 0 Å². The lowest BCUT2D eigenvalue weighted by Gasteiger charge is -2.29. The second-order valence-corrected chi connectivity index (χ2v) is 11.6. The highest BCUT2D eigenvalue weighted by molar-refractivity contribution is 6.44. The first-order valence-electron chi connectivity index (χ1n) is 13.8. The molecule has 1 saturated carbocycles. The average molecular weight is 566 g/mol. The number of rotatable bonds is 11. The Labute approximate surface area is 239 Å². The summed E-state index contributed by atoms with van der Waals surface area (Å²) in [6, 6.07) is 6.32. The molecular formula is C29H36ClN7O3. The van der Waals surface area contributed by atoms with E-state index >= 15 is 0 Å². The zero-order chi connectivity index (χ0) is 28.4. The van der Waals surface area contributed by atoms with Gasteiger partial charge in [0.05, 0.1) is 23.7 Å². The van der Waals surface area contributed by atoms with E-state index in [9.17, 15) is 9.59 Å². The predicted molar refractivity (Wildman–Crippen MR) is 155 cm³/mol. The molecule has 5 rings (SSSR count). The highest BCUT2D eigenvalue weighted by Gasteiger charge is 2.27. The van der Waals surface area contributed by atoms with Crippen molar-refractivity contribution in [1.29, 1.82) is 0 Å². The van der Waals surface area contributed by atoms with Crippen LogP contribution < -0.4 is 15.4 Å². The van der Waals surface area contributed by atoms with Crippen LogP contribution in [0.15, 0.2) is 30.6 Å². The summed E-state index contributed by atoms with van der Waals surface area (Å²) in [5.74, 6) is 0.826. The van der Waals surface area contributed by atoms with Crippen LogP contribution in [0.4, 0.5) is 23.1 Å². The Morgan fingerprint density at radius 3 is 2.55 bits per heavy atom. The SMILES string of the molecule is CC(C)CC(=O)C(=O)c1nn(C)cc1Nc1nc(Nc2ccc(C3CCN(C)CC3)cc2OC2CC2)ncc1Cl. The van der Waals surface area contributed by atoms with E-state index in [2.05, 4.69) is 49.8 Å². The molecule has 0 atom stereocenters. The lowest BCUT2D eigenvalue weighted by atomic mass is 9.89. The van der Waals surface area contributed by atoms with Gasteiger partial charge in [-0.2, -0.15) is 10.1 Å². The van der Waals surface area contributed by atoms with E-state index in [1.165, 1.54) is 16.4 Å². The van der Waals surface area contributed by atoms with E-state index in [1.54, 1.807) is 13.2 Å². The minimum atomic E-state index is -0.646. The molecule has 11 heteroatoms. The van der Waals surface area contributed by atoms with E-state index in [4.69, 9.17) is 16.3 Å². The lowest BCUT2D eigenvalue weighted by molar-refractivity contribution is -0.115. The number of nitrogens with one attached hydrogen (secondary N) is 2. The smallest absolute Gasteiger partial charge is 0.250 e. The monoisotopic (exact) mass is 565 g/mol. The Kier molecular flexibility index (Phi) is 8.37. The van der Waals surface area contributed by atoms with Crippen LogP contribution >= 0.6 is 11.6 Å². The van der Waals surface area contributed by atoms with E-state index in [0.717, 1.165) is 50.2 Å². The standard InChI is InChI=1S/C29H36ClN7O3/c1-17(2)13-24(38)27(39)26-23(16-37(4)35-26)32-28-21(30)15-31-29(34-28)33-22-8-5-19(14-25(22)40-20-6-7-20)18-9-11-36(3)12-10-18/h5,8,14-18,20H,6-7,9-13H2,1-4H3,(H2,31,32,33,34). The number of halogens is 1. The van der Waals surface area contributed by atoms with Gasteiger partial charge in [0.2, 0.25) is 11.7 Å². The first-order chi connectivity index (χ1) is 19.2. The van der Waals surface area contributed by atoms with Crippen LogP contribution in [-0.2, 0) is 11.8 Å². The highest BCUT2D eigenvalue weighted by Crippen LogP contribution is 2.38. The van der Waals surface area contributed by atoms with Crippen molar-refractivity contribution in [3.05, 3.63) is 46.9 Å². The number of nitrogens with zero attached hydrogens (tertiary/aromatic N) is 5. The molecule has 2 N–H and O–H groups in total. The minimum absolute atomic E-state index is 0.0296. The van der Waals surface area contributed by atoms with Gasteiger partial charge in [0.25, 0.3) is 5.78 Å². The van der Waals surface area contributed by atoms with E-state index in [0.29, 0.717) is 17.6 Å². The van der Waals surface area contributed by atoms with Crippen molar-refractivity contribution in [1.82, 2.24) is 24.6 Å². The number of aromatic nitrogens is 4. The Morgan fingerprint density at radius 1 is 1.10 bits per heavy atom. The number of hydrogen-bond donors (Lipinski definition) is 2. The second-order valence-electron chi connectivity index (χ2n) is 11.2. The fourth-order valence-electron chi connectivity index (χ4n) is 4.81. The minimum Gasteiger partial charge on any atom is -0.488 e. The number of likely N-dealkylation sites (tertiary alicyclic amines) is 1. The number of ketones is 2. The normalized spacial score (nSPS) is 16.2. The van der Waals surface area contributed by atoms with Gasteiger partial charge < -0.3 is 20.3 Å². The summed E-state index contributed by atoms with van der Waals surface area (Å²) in [5.41, 5.74) is 2.43. The maximum absolute atomic E-state index is 12.8. The number of carbonyl (C=O) groups is 2. The quantitative estimate of drug-likeness (QED) is 0.230. The van der Waals surface area contributed by atoms with Gasteiger partial charge in [-0.25, -0.2) is 4.98 Å². The van der Waals surface area contributed by atoms with Crippen molar-refractivity contribution in [2.24, 2.45) is 13.0 Å². The van der Waals surface area contributed by atoms with Crippen molar-refractivity contribution >= 4 is 46.3 Å². The topological polar surface area (TPSA) is 114 Å². The summed E-state index contributed by atoms with van der Waals surface area (Å²) in [5, 5.41) is 10.8. The molecule has 1 aliphatic heterocycles. The van der Waals surface area contributed by atoms with Crippen LogP contribution in [0.25, 0.3) is 0 Å².